The zero-order valence-electron chi connectivity index (χ0n) is 22.6. The molecule has 2 rings (SSSR count). The number of sulfone groups is 1. The predicted octanol–water partition coefficient (Wildman–Crippen LogP) is -6.78. The monoisotopic (exact) mass is 645 g/mol. The van der Waals surface area contributed by atoms with Gasteiger partial charge in [0.05, 0.1) is 19.0 Å². The Morgan fingerprint density at radius 1 is 1.02 bits per heavy atom. The summed E-state index contributed by atoms with van der Waals surface area (Å²) in [5, 5.41) is 34.2. The van der Waals surface area contributed by atoms with E-state index in [-0.39, 0.29) is 29.6 Å². The van der Waals surface area contributed by atoms with Crippen molar-refractivity contribution >= 4 is 32.1 Å². The van der Waals surface area contributed by atoms with Crippen molar-refractivity contribution < 1.29 is 108 Å². The molecule has 4 N–H and O–H groups in total. The van der Waals surface area contributed by atoms with E-state index in [1.54, 1.807) is 0 Å². The van der Waals surface area contributed by atoms with Crippen LogP contribution in [-0.2, 0) is 62.4 Å². The molecule has 2 aliphatic heterocycles. The Balaban J connectivity index is 0.00000840. The van der Waals surface area contributed by atoms with Crippen molar-refractivity contribution in [2.45, 2.75) is 68.3 Å². The zero-order valence-corrected chi connectivity index (χ0v) is 26.2. The van der Waals surface area contributed by atoms with Crippen LogP contribution in [0.4, 0.5) is 0 Å². The summed E-state index contributed by atoms with van der Waals surface area (Å²) in [6, 6.07) is -1.35. The van der Waals surface area contributed by atoms with E-state index in [0.29, 0.717) is 5.41 Å². The minimum atomic E-state index is -5.22. The number of hydrogen-bond donors (Lipinski definition) is 4. The van der Waals surface area contributed by atoms with Crippen LogP contribution in [0.5, 0.6) is 0 Å². The van der Waals surface area contributed by atoms with Crippen LogP contribution >= 0.6 is 0 Å². The Morgan fingerprint density at radius 2 is 1.66 bits per heavy atom. The Kier molecular flexibility index (Phi) is 15.2. The van der Waals surface area contributed by atoms with Crippen LogP contribution in [0.2, 0.25) is 0 Å². The van der Waals surface area contributed by atoms with E-state index in [2.05, 4.69) is 16.1 Å². The molecule has 2 fully saturated rings. The fourth-order valence-electron chi connectivity index (χ4n) is 4.08. The van der Waals surface area contributed by atoms with Crippen molar-refractivity contribution in [1.82, 2.24) is 5.32 Å². The number of carboxylic acids is 1. The van der Waals surface area contributed by atoms with E-state index in [1.165, 1.54) is 0 Å². The summed E-state index contributed by atoms with van der Waals surface area (Å²) in [6.45, 7) is 2.77. The summed E-state index contributed by atoms with van der Waals surface area (Å²) in [6.07, 6.45) is -15.1. The number of hydrogen-bond acceptors (Lipinski definition) is 16. The summed E-state index contributed by atoms with van der Waals surface area (Å²) in [4.78, 5) is 23.7. The van der Waals surface area contributed by atoms with Crippen LogP contribution in [0, 0.1) is 0 Å². The molecular weight excluding hydrogens is 613 g/mol. The van der Waals surface area contributed by atoms with E-state index >= 15 is 0 Å². The number of carboxylic acid groups (broad SMARTS) is 1. The van der Waals surface area contributed by atoms with Gasteiger partial charge in [-0.25, -0.2) is 21.6 Å². The first-order valence-corrected chi connectivity index (χ1v) is 14.5. The third-order valence-corrected chi connectivity index (χ3v) is 7.58. The van der Waals surface area contributed by atoms with Crippen molar-refractivity contribution in [2.24, 2.45) is 0 Å². The molecule has 0 aromatic carbocycles. The minimum absolute atomic E-state index is 0. The summed E-state index contributed by atoms with van der Waals surface area (Å²) in [5.74, 6) is -2.87. The third-order valence-electron chi connectivity index (χ3n) is 5.91. The Morgan fingerprint density at radius 3 is 2.15 bits per heavy atom. The van der Waals surface area contributed by atoms with Gasteiger partial charge in [0.1, 0.15) is 42.7 Å². The number of amides is 1. The molecule has 10 unspecified atom stereocenters. The maximum absolute atomic E-state index is 11.9. The molecule has 2 saturated heterocycles. The van der Waals surface area contributed by atoms with Crippen molar-refractivity contribution in [2.75, 3.05) is 33.2 Å². The van der Waals surface area contributed by atoms with Crippen LogP contribution in [0.3, 0.4) is 0 Å². The van der Waals surface area contributed by atoms with Gasteiger partial charge in [0.2, 0.25) is 16.3 Å². The molecule has 232 valence electrons. The van der Waals surface area contributed by atoms with Gasteiger partial charge in [-0.1, -0.05) is 6.58 Å². The Labute approximate surface area is 258 Å². The second-order valence-electron chi connectivity index (χ2n) is 8.61. The van der Waals surface area contributed by atoms with Crippen molar-refractivity contribution in [3.05, 3.63) is 12.0 Å². The molecule has 1 amide bonds. The molecule has 10 atom stereocenters. The van der Waals surface area contributed by atoms with E-state index in [9.17, 15) is 46.3 Å². The van der Waals surface area contributed by atoms with Gasteiger partial charge in [-0.15, -0.1) is 0 Å². The standard InChI is InChI=1S/C20H33NO17S2.Na/c1-5-39(27,28)7-6-34-17-15(32-3)13(24)16(18(25)26)38-20(17)37-14-11(21-9(2)22)19(33-4)36-10(12(14)23)8-35-40(29,30)31;/h5,10-17,19-20,23-24H,1,6-8H2,2-4H3,(H,21,22)(H,25,26)(H,29,30,31);/q;+1/p-1. The number of carbonyl (C=O) groups excluding carboxylic acids is 1. The number of aliphatic carboxylic acids is 1. The molecule has 0 radical (unpaired) electrons. The summed E-state index contributed by atoms with van der Waals surface area (Å²) < 4.78 is 93.4. The second kappa shape index (κ2) is 16.3. The van der Waals surface area contributed by atoms with E-state index in [1.807, 2.05) is 0 Å². The zero-order chi connectivity index (χ0) is 30.4. The maximum atomic E-state index is 11.9. The van der Waals surface area contributed by atoms with Crippen molar-refractivity contribution in [3.8, 4) is 0 Å². The normalized spacial score (nSPS) is 34.3. The SMILES string of the molecule is C=CS(=O)(=O)CCOC1C(OC2C(O)C(COS(=O)(=O)[O-])OC(OC)C2NC(C)=O)OC(C(=O)O)C(O)C1OC.[Na+]. The third kappa shape index (κ3) is 10.7. The maximum Gasteiger partial charge on any atom is 1.00 e. The Bertz CT molecular complexity index is 1110. The van der Waals surface area contributed by atoms with E-state index in [4.69, 9.17) is 28.4 Å². The number of methoxy groups -OCH3 is 2. The number of carbonyl (C=O) groups is 2. The summed E-state index contributed by atoms with van der Waals surface area (Å²) >= 11 is 0. The number of ether oxygens (including phenoxy) is 6. The van der Waals surface area contributed by atoms with Gasteiger partial charge >= 0.3 is 35.5 Å². The first-order chi connectivity index (χ1) is 18.5. The first kappa shape index (κ1) is 38.2. The van der Waals surface area contributed by atoms with Gasteiger partial charge in [0, 0.05) is 26.6 Å². The second-order valence-corrected chi connectivity index (χ2v) is 11.7. The topological polar surface area (TPSA) is 263 Å². The molecular formula is C20H32NNaO17S2. The summed E-state index contributed by atoms with van der Waals surface area (Å²) in [5.41, 5.74) is 0. The minimum Gasteiger partial charge on any atom is -0.726 e. The number of aliphatic hydroxyl groups is 2. The van der Waals surface area contributed by atoms with Crippen LogP contribution in [-0.4, -0.2) is 143 Å². The fraction of sp³-hybridized carbons (Fsp3) is 0.800. The van der Waals surface area contributed by atoms with Gasteiger partial charge in [-0.05, 0) is 0 Å². The molecule has 41 heavy (non-hydrogen) atoms. The smallest absolute Gasteiger partial charge is 0.726 e. The van der Waals surface area contributed by atoms with Gasteiger partial charge in [0.25, 0.3) is 0 Å². The van der Waals surface area contributed by atoms with Crippen LogP contribution in [0.15, 0.2) is 12.0 Å². The molecule has 18 nitrogen and oxygen atoms in total. The van der Waals surface area contributed by atoms with Crippen molar-refractivity contribution in [1.29, 1.82) is 0 Å². The quantitative estimate of drug-likeness (QED) is 0.0777. The Hall–Kier alpha value is -0.820. The number of nitrogens with one attached hydrogen (secondary N) is 1. The summed E-state index contributed by atoms with van der Waals surface area (Å²) in [7, 11) is -6.72. The van der Waals surface area contributed by atoms with Gasteiger partial charge in [-0.3, -0.25) is 8.98 Å². The molecule has 2 heterocycles. The van der Waals surface area contributed by atoms with Crippen LogP contribution < -0.4 is 34.9 Å². The molecule has 0 saturated carbocycles. The number of rotatable bonds is 14. The molecule has 0 aliphatic carbocycles. The molecule has 0 aromatic heterocycles. The van der Waals surface area contributed by atoms with Gasteiger partial charge < -0.3 is 53.6 Å². The van der Waals surface area contributed by atoms with Crippen molar-refractivity contribution in [3.63, 3.8) is 0 Å². The van der Waals surface area contributed by atoms with E-state index < -0.39 is 112 Å². The predicted molar refractivity (Wildman–Crippen MR) is 127 cm³/mol. The fourth-order valence-corrected chi connectivity index (χ4v) is 4.88. The van der Waals surface area contributed by atoms with E-state index in [0.717, 1.165) is 21.1 Å². The molecule has 0 aromatic rings. The molecule has 0 spiro atoms. The first-order valence-electron chi connectivity index (χ1n) is 11.5. The van der Waals surface area contributed by atoms with Crippen LogP contribution in [0.25, 0.3) is 0 Å². The van der Waals surface area contributed by atoms with Gasteiger partial charge in [0.15, 0.2) is 28.5 Å². The average molecular weight is 646 g/mol. The number of aliphatic hydroxyl groups excluding tert-OH is 2. The average Bonchev–Trinajstić information content (AvgIpc) is 2.85. The van der Waals surface area contributed by atoms with Gasteiger partial charge in [-0.2, -0.15) is 0 Å². The molecule has 2 aliphatic rings. The van der Waals surface area contributed by atoms with Crippen LogP contribution in [0.1, 0.15) is 6.92 Å². The molecule has 21 heteroatoms. The molecule has 0 bridgehead atoms. The largest absolute Gasteiger partial charge is 1.00 e.